The zero-order valence-corrected chi connectivity index (χ0v) is 17.3. The summed E-state index contributed by atoms with van der Waals surface area (Å²) in [5, 5.41) is 0. The van der Waals surface area contributed by atoms with Crippen molar-refractivity contribution in [2.75, 3.05) is 58.1 Å². The Morgan fingerprint density at radius 3 is 1.58 bits per heavy atom. The molecule has 0 aromatic heterocycles. The molecule has 0 aromatic carbocycles. The highest BCUT2D eigenvalue weighted by Gasteiger charge is 2.15. The number of hydrogen-bond donors (Lipinski definition) is 0. The molecule has 0 fully saturated rings. The summed E-state index contributed by atoms with van der Waals surface area (Å²) in [6.07, 6.45) is 11.4. The molecule has 0 saturated heterocycles. The summed E-state index contributed by atoms with van der Waals surface area (Å²) in [7, 11) is -1.96. The second kappa shape index (κ2) is 17.9. The molecule has 146 valence electrons. The maximum absolute atomic E-state index is 12.2. The van der Waals surface area contributed by atoms with Crippen LogP contribution in [0.3, 0.4) is 0 Å². The Hall–Kier alpha value is 0.110. The second-order valence-corrected chi connectivity index (χ2v) is 10.2. The molecule has 0 aliphatic heterocycles. The van der Waals surface area contributed by atoms with Crippen LogP contribution in [0.2, 0.25) is 0 Å². The summed E-state index contributed by atoms with van der Waals surface area (Å²) < 4.78 is 28.7. The highest BCUT2D eigenvalue weighted by Crippen LogP contribution is 2.43. The molecule has 0 radical (unpaired) electrons. The Kier molecular flexibility index (Phi) is 18.0. The van der Waals surface area contributed by atoms with Crippen molar-refractivity contribution in [2.24, 2.45) is 0 Å². The molecule has 0 aliphatic rings. The smallest absolute Gasteiger partial charge is 0.0894 e. The molecule has 0 spiro atoms. The molecule has 0 heterocycles. The van der Waals surface area contributed by atoms with Crippen molar-refractivity contribution in [2.45, 2.75) is 65.7 Å². The Bertz CT molecular complexity index is 289. The molecule has 0 saturated carbocycles. The van der Waals surface area contributed by atoms with E-state index in [0.29, 0.717) is 39.2 Å². The predicted octanol–water partition coefficient (Wildman–Crippen LogP) is 5.19. The molecule has 0 aromatic rings. The highest BCUT2D eigenvalue weighted by molar-refractivity contribution is 7.63. The van der Waals surface area contributed by atoms with E-state index >= 15 is 0 Å². The van der Waals surface area contributed by atoms with E-state index in [-0.39, 0.29) is 0 Å². The van der Waals surface area contributed by atoms with E-state index in [1.54, 1.807) is 0 Å². The lowest BCUT2D eigenvalue weighted by atomic mass is 10.1. The molecule has 0 atom stereocenters. The van der Waals surface area contributed by atoms with Crippen LogP contribution in [0, 0.1) is 0 Å². The molecule has 0 amide bonds. The van der Waals surface area contributed by atoms with Crippen LogP contribution < -0.4 is 0 Å². The Morgan fingerprint density at radius 1 is 0.583 bits per heavy atom. The molecule has 0 unspecified atom stereocenters. The summed E-state index contributed by atoms with van der Waals surface area (Å²) in [5.41, 5.74) is 0. The van der Waals surface area contributed by atoms with Gasteiger partial charge in [-0.25, -0.2) is 0 Å². The first kappa shape index (κ1) is 24.1. The minimum atomic E-state index is -1.96. The minimum Gasteiger partial charge on any atom is -0.379 e. The number of unbranched alkanes of at least 4 members (excludes halogenated alkanes) is 6. The SMILES string of the molecule is CCCCCCCCCOCCOCCOCCP(=O)(CC)CC. The molecule has 24 heavy (non-hydrogen) atoms. The van der Waals surface area contributed by atoms with Crippen LogP contribution in [0.4, 0.5) is 0 Å². The third kappa shape index (κ3) is 15.6. The summed E-state index contributed by atoms with van der Waals surface area (Å²) in [6, 6.07) is 0. The van der Waals surface area contributed by atoms with Crippen molar-refractivity contribution >= 4 is 7.14 Å². The summed E-state index contributed by atoms with van der Waals surface area (Å²) in [5.74, 6) is 0. The van der Waals surface area contributed by atoms with Gasteiger partial charge >= 0.3 is 0 Å². The van der Waals surface area contributed by atoms with Gasteiger partial charge in [-0.05, 0) is 18.7 Å². The van der Waals surface area contributed by atoms with Gasteiger partial charge in [0.1, 0.15) is 0 Å². The first-order chi connectivity index (χ1) is 11.7. The lowest BCUT2D eigenvalue weighted by Crippen LogP contribution is -2.12. The van der Waals surface area contributed by atoms with Gasteiger partial charge in [0.15, 0.2) is 0 Å². The molecular weight excluding hydrogens is 323 g/mol. The highest BCUT2D eigenvalue weighted by atomic mass is 31.2. The lowest BCUT2D eigenvalue weighted by molar-refractivity contribution is 0.0165. The van der Waals surface area contributed by atoms with E-state index in [9.17, 15) is 4.57 Å². The van der Waals surface area contributed by atoms with E-state index in [1.165, 1.54) is 38.5 Å². The fourth-order valence-corrected chi connectivity index (χ4v) is 4.02. The zero-order valence-electron chi connectivity index (χ0n) is 16.4. The largest absolute Gasteiger partial charge is 0.379 e. The predicted molar refractivity (Wildman–Crippen MR) is 104 cm³/mol. The van der Waals surface area contributed by atoms with Gasteiger partial charge in [-0.2, -0.15) is 0 Å². The Labute approximate surface area is 150 Å². The van der Waals surface area contributed by atoms with E-state index in [2.05, 4.69) is 6.92 Å². The van der Waals surface area contributed by atoms with Crippen LogP contribution in [0.1, 0.15) is 65.7 Å². The van der Waals surface area contributed by atoms with Crippen LogP contribution in [-0.2, 0) is 18.8 Å². The van der Waals surface area contributed by atoms with Crippen molar-refractivity contribution in [1.29, 1.82) is 0 Å². The van der Waals surface area contributed by atoms with Crippen molar-refractivity contribution in [3.8, 4) is 0 Å². The molecule has 0 aliphatic carbocycles. The van der Waals surface area contributed by atoms with Crippen LogP contribution in [-0.4, -0.2) is 58.1 Å². The monoisotopic (exact) mass is 364 g/mol. The van der Waals surface area contributed by atoms with Crippen LogP contribution >= 0.6 is 7.14 Å². The van der Waals surface area contributed by atoms with Gasteiger partial charge in [0.2, 0.25) is 0 Å². The summed E-state index contributed by atoms with van der Waals surface area (Å²) in [4.78, 5) is 0. The zero-order chi connectivity index (χ0) is 17.9. The Morgan fingerprint density at radius 2 is 1.04 bits per heavy atom. The van der Waals surface area contributed by atoms with Gasteiger partial charge in [0.05, 0.1) is 40.2 Å². The number of ether oxygens (including phenoxy) is 3. The van der Waals surface area contributed by atoms with Crippen molar-refractivity contribution in [3.05, 3.63) is 0 Å². The second-order valence-electron chi connectivity index (χ2n) is 6.37. The lowest BCUT2D eigenvalue weighted by Gasteiger charge is -2.13. The molecular formula is C19H41O4P. The first-order valence-electron chi connectivity index (χ1n) is 9.98. The molecule has 4 nitrogen and oxygen atoms in total. The molecule has 0 N–H and O–H groups in total. The maximum Gasteiger partial charge on any atom is 0.0894 e. The average molecular weight is 365 g/mol. The maximum atomic E-state index is 12.2. The normalized spacial score (nSPS) is 12.0. The van der Waals surface area contributed by atoms with E-state index < -0.39 is 7.14 Å². The van der Waals surface area contributed by atoms with Gasteiger partial charge in [0.25, 0.3) is 0 Å². The third-order valence-electron chi connectivity index (χ3n) is 4.43. The number of hydrogen-bond acceptors (Lipinski definition) is 4. The van der Waals surface area contributed by atoms with Gasteiger partial charge < -0.3 is 18.8 Å². The summed E-state index contributed by atoms with van der Waals surface area (Å²) in [6.45, 7) is 10.1. The van der Waals surface area contributed by atoms with Gasteiger partial charge in [-0.15, -0.1) is 0 Å². The fourth-order valence-electron chi connectivity index (χ4n) is 2.47. The first-order valence-corrected chi connectivity index (χ1v) is 12.2. The van der Waals surface area contributed by atoms with E-state index in [1.807, 2.05) is 13.8 Å². The standard InChI is InChI=1S/C19H41O4P/c1-4-7-8-9-10-11-12-13-21-14-15-22-16-17-23-18-19-24(20,5-2)6-3/h4-19H2,1-3H3. The van der Waals surface area contributed by atoms with Gasteiger partial charge in [-0.1, -0.05) is 59.3 Å². The summed E-state index contributed by atoms with van der Waals surface area (Å²) >= 11 is 0. The van der Waals surface area contributed by atoms with Crippen molar-refractivity contribution in [1.82, 2.24) is 0 Å². The van der Waals surface area contributed by atoms with E-state index in [0.717, 1.165) is 25.4 Å². The number of rotatable bonds is 19. The molecule has 0 rings (SSSR count). The van der Waals surface area contributed by atoms with E-state index in [4.69, 9.17) is 14.2 Å². The quantitative estimate of drug-likeness (QED) is 0.234. The van der Waals surface area contributed by atoms with Crippen molar-refractivity contribution < 1.29 is 18.8 Å². The average Bonchev–Trinajstić information content (AvgIpc) is 2.61. The van der Waals surface area contributed by atoms with Gasteiger partial charge in [-0.3, -0.25) is 0 Å². The third-order valence-corrected chi connectivity index (χ3v) is 7.73. The van der Waals surface area contributed by atoms with Crippen LogP contribution in [0.15, 0.2) is 0 Å². The Balaban J connectivity index is 3.14. The minimum absolute atomic E-state index is 0.575. The van der Waals surface area contributed by atoms with Crippen LogP contribution in [0.25, 0.3) is 0 Å². The van der Waals surface area contributed by atoms with Gasteiger partial charge in [0, 0.05) is 12.8 Å². The van der Waals surface area contributed by atoms with Crippen molar-refractivity contribution in [3.63, 3.8) is 0 Å². The topological polar surface area (TPSA) is 44.8 Å². The fraction of sp³-hybridized carbons (Fsp3) is 1.00. The molecule has 5 heteroatoms. The van der Waals surface area contributed by atoms with Crippen LogP contribution in [0.5, 0.6) is 0 Å². The molecule has 0 bridgehead atoms.